The van der Waals surface area contributed by atoms with Crippen molar-refractivity contribution in [3.05, 3.63) is 0 Å². The molecule has 0 bridgehead atoms. The van der Waals surface area contributed by atoms with Crippen LogP contribution >= 0.6 is 46.6 Å². The van der Waals surface area contributed by atoms with E-state index in [4.69, 9.17) is 39.5 Å². The molecule has 2 fully saturated rings. The van der Waals surface area contributed by atoms with E-state index in [1.807, 2.05) is 0 Å². The van der Waals surface area contributed by atoms with Crippen LogP contribution in [0.4, 0.5) is 4.79 Å². The number of hydrogen-bond donors (Lipinski definition) is 1. The number of carbonyl (C=O) groups excluding carboxylic acids is 2. The predicted molar refractivity (Wildman–Crippen MR) is 66.3 cm³/mol. The highest BCUT2D eigenvalue weighted by Crippen LogP contribution is 2.38. The molecule has 0 aromatic rings. The van der Waals surface area contributed by atoms with Gasteiger partial charge in [-0.3, -0.25) is 4.79 Å². The lowest BCUT2D eigenvalue weighted by Crippen LogP contribution is -2.57. The molecular weight excluding hydrogens is 311 g/mol. The summed E-state index contributed by atoms with van der Waals surface area (Å²) in [6.45, 7) is -0.333. The maximum absolute atomic E-state index is 11.4. The highest BCUT2D eigenvalue weighted by molar-refractivity contribution is 8.00. The number of ether oxygens (including phenoxy) is 1. The second kappa shape index (κ2) is 4.91. The van der Waals surface area contributed by atoms with Gasteiger partial charge in [0.1, 0.15) is 12.8 Å². The number of alkyl halides is 3. The van der Waals surface area contributed by atoms with Gasteiger partial charge in [0.15, 0.2) is 0 Å². The molecular formula is C8H9Cl3N2O3S. The second-order valence-corrected chi connectivity index (χ2v) is 7.37. The molecule has 2 amide bonds. The monoisotopic (exact) mass is 318 g/mol. The second-order valence-electron chi connectivity index (χ2n) is 3.64. The summed E-state index contributed by atoms with van der Waals surface area (Å²) in [5.41, 5.74) is 0. The van der Waals surface area contributed by atoms with Crippen LogP contribution in [0.2, 0.25) is 0 Å². The van der Waals surface area contributed by atoms with E-state index in [1.165, 1.54) is 0 Å². The fourth-order valence-corrected chi connectivity index (χ4v) is 3.13. The third-order valence-corrected chi connectivity index (χ3v) is 4.00. The van der Waals surface area contributed by atoms with E-state index in [-0.39, 0.29) is 24.1 Å². The zero-order chi connectivity index (χ0) is 12.6. The summed E-state index contributed by atoms with van der Waals surface area (Å²) in [5, 5.41) is 2.74. The van der Waals surface area contributed by atoms with Gasteiger partial charge in [-0.25, -0.2) is 4.79 Å². The van der Waals surface area contributed by atoms with Gasteiger partial charge in [-0.2, -0.15) is 0 Å². The number of thioether (sulfide) groups is 1. The van der Waals surface area contributed by atoms with E-state index in [0.29, 0.717) is 12.2 Å². The third-order valence-electron chi connectivity index (χ3n) is 2.38. The lowest BCUT2D eigenvalue weighted by atomic mass is 10.2. The van der Waals surface area contributed by atoms with E-state index in [2.05, 4.69) is 5.32 Å². The molecule has 0 spiro atoms. The van der Waals surface area contributed by atoms with Gasteiger partial charge in [0, 0.05) is 5.75 Å². The molecule has 5 nitrogen and oxygen atoms in total. The van der Waals surface area contributed by atoms with E-state index < -0.39 is 9.89 Å². The SMILES string of the molecule is O=C(NC1CS[C@@H]2CC(=O)N12)OCC(Cl)(Cl)Cl. The van der Waals surface area contributed by atoms with Gasteiger partial charge in [0.05, 0.1) is 11.8 Å². The number of amides is 2. The minimum atomic E-state index is -1.63. The Morgan fingerprint density at radius 1 is 1.59 bits per heavy atom. The maximum atomic E-state index is 11.4. The number of alkyl carbamates (subject to hydrolysis) is 1. The molecule has 17 heavy (non-hydrogen) atoms. The fourth-order valence-electron chi connectivity index (χ4n) is 1.63. The van der Waals surface area contributed by atoms with Gasteiger partial charge < -0.3 is 15.0 Å². The summed E-state index contributed by atoms with van der Waals surface area (Å²) in [5.74, 6) is 0.686. The van der Waals surface area contributed by atoms with Crippen LogP contribution < -0.4 is 5.32 Å². The number of halogens is 3. The first-order valence-corrected chi connectivity index (χ1v) is 6.98. The average molecular weight is 320 g/mol. The van der Waals surface area contributed by atoms with Crippen LogP contribution in [0, 0.1) is 0 Å². The van der Waals surface area contributed by atoms with Crippen LogP contribution in [0.3, 0.4) is 0 Å². The molecule has 2 heterocycles. The van der Waals surface area contributed by atoms with Crippen LogP contribution in [0.15, 0.2) is 0 Å². The molecule has 0 saturated carbocycles. The molecule has 2 rings (SSSR count). The van der Waals surface area contributed by atoms with E-state index >= 15 is 0 Å². The van der Waals surface area contributed by atoms with Gasteiger partial charge in [-0.05, 0) is 0 Å². The van der Waals surface area contributed by atoms with Crippen molar-refractivity contribution in [2.75, 3.05) is 12.4 Å². The Balaban J connectivity index is 1.77. The Labute approximate surface area is 117 Å². The smallest absolute Gasteiger partial charge is 0.408 e. The van der Waals surface area contributed by atoms with Gasteiger partial charge in [-0.1, -0.05) is 34.8 Å². The van der Waals surface area contributed by atoms with E-state index in [1.54, 1.807) is 16.7 Å². The third kappa shape index (κ3) is 3.24. The molecule has 0 aromatic carbocycles. The van der Waals surface area contributed by atoms with Gasteiger partial charge in [0.2, 0.25) is 9.70 Å². The van der Waals surface area contributed by atoms with Crippen molar-refractivity contribution >= 4 is 58.6 Å². The van der Waals surface area contributed by atoms with Crippen molar-refractivity contribution in [1.29, 1.82) is 0 Å². The lowest BCUT2D eigenvalue weighted by Gasteiger charge is -2.37. The molecule has 2 atom stereocenters. The highest BCUT2D eigenvalue weighted by atomic mass is 35.6. The van der Waals surface area contributed by atoms with Crippen LogP contribution in [-0.2, 0) is 9.53 Å². The van der Waals surface area contributed by atoms with Gasteiger partial charge >= 0.3 is 6.09 Å². The summed E-state index contributed by atoms with van der Waals surface area (Å²) in [6, 6.07) is 0. The topological polar surface area (TPSA) is 58.6 Å². The highest BCUT2D eigenvalue weighted by Gasteiger charge is 2.47. The maximum Gasteiger partial charge on any atom is 0.408 e. The molecule has 2 saturated heterocycles. The average Bonchev–Trinajstić information content (AvgIpc) is 2.50. The first-order valence-electron chi connectivity index (χ1n) is 4.79. The minimum absolute atomic E-state index is 0.0340. The number of rotatable bonds is 2. The molecule has 1 N–H and O–H groups in total. The van der Waals surface area contributed by atoms with Crippen molar-refractivity contribution in [2.24, 2.45) is 0 Å². The van der Waals surface area contributed by atoms with Gasteiger partial charge in [-0.15, -0.1) is 11.8 Å². The first-order chi connectivity index (χ1) is 7.87. The Morgan fingerprint density at radius 2 is 2.29 bits per heavy atom. The lowest BCUT2D eigenvalue weighted by molar-refractivity contribution is -0.143. The molecule has 96 valence electrons. The summed E-state index contributed by atoms with van der Waals surface area (Å²) in [6.07, 6.45) is -0.483. The van der Waals surface area contributed by atoms with Crippen molar-refractivity contribution in [1.82, 2.24) is 10.2 Å². The molecule has 9 heteroatoms. The predicted octanol–water partition coefficient (Wildman–Crippen LogP) is 1.71. The Kier molecular flexibility index (Phi) is 3.87. The largest absolute Gasteiger partial charge is 0.445 e. The minimum Gasteiger partial charge on any atom is -0.445 e. The summed E-state index contributed by atoms with van der Waals surface area (Å²) in [7, 11) is 0. The Hall–Kier alpha value is -0.0400. The first kappa shape index (κ1) is 13.4. The number of nitrogens with one attached hydrogen (secondary N) is 1. The molecule has 1 unspecified atom stereocenters. The number of fused-ring (bicyclic) bond motifs is 1. The molecule has 2 aliphatic rings. The number of hydrogen-bond acceptors (Lipinski definition) is 4. The van der Waals surface area contributed by atoms with Gasteiger partial charge in [0.25, 0.3) is 0 Å². The standard InChI is InChI=1S/C8H9Cl3N2O3S/c9-8(10,11)3-16-7(15)12-4-2-17-6-1-5(14)13(4)6/h4,6H,1-3H2,(H,12,15)/t4?,6-/m1/s1. The normalized spacial score (nSPS) is 27.5. The van der Waals surface area contributed by atoms with Crippen LogP contribution in [0.5, 0.6) is 0 Å². The van der Waals surface area contributed by atoms with Crippen LogP contribution in [-0.4, -0.2) is 44.6 Å². The Bertz CT molecular complexity index is 349. The van der Waals surface area contributed by atoms with E-state index in [0.717, 1.165) is 0 Å². The Morgan fingerprint density at radius 3 is 2.88 bits per heavy atom. The van der Waals surface area contributed by atoms with Crippen molar-refractivity contribution in [3.63, 3.8) is 0 Å². The zero-order valence-corrected chi connectivity index (χ0v) is 11.6. The summed E-state index contributed by atoms with van der Waals surface area (Å²) < 4.78 is 3.09. The number of β-lactam (4-membered cyclic amide) rings is 1. The fraction of sp³-hybridized carbons (Fsp3) is 0.750. The molecule has 0 aliphatic carbocycles. The number of carbonyl (C=O) groups is 2. The molecule has 2 aliphatic heterocycles. The quantitative estimate of drug-likeness (QED) is 0.622. The van der Waals surface area contributed by atoms with E-state index in [9.17, 15) is 9.59 Å². The van der Waals surface area contributed by atoms with Crippen molar-refractivity contribution in [3.8, 4) is 0 Å². The van der Waals surface area contributed by atoms with Crippen LogP contribution in [0.25, 0.3) is 0 Å². The van der Waals surface area contributed by atoms with Crippen molar-refractivity contribution in [2.45, 2.75) is 21.8 Å². The van der Waals surface area contributed by atoms with Crippen molar-refractivity contribution < 1.29 is 14.3 Å². The summed E-state index contributed by atoms with van der Waals surface area (Å²) in [4.78, 5) is 24.3. The zero-order valence-electron chi connectivity index (χ0n) is 8.49. The number of nitrogens with zero attached hydrogens (tertiary/aromatic N) is 1. The molecule has 0 radical (unpaired) electrons. The summed E-state index contributed by atoms with van der Waals surface area (Å²) >= 11 is 17.9. The molecule has 0 aromatic heterocycles. The van der Waals surface area contributed by atoms with Crippen LogP contribution in [0.1, 0.15) is 6.42 Å².